The molecule has 4 aromatic carbocycles. The molecule has 0 bridgehead atoms. The number of nitrogens with one attached hydrogen (secondary N) is 1. The number of rotatable bonds is 6. The number of nitrogens with zero attached hydrogens (tertiary/aromatic N) is 2. The molecule has 4 aromatic rings. The highest BCUT2D eigenvalue weighted by atomic mass is 16.2. The summed E-state index contributed by atoms with van der Waals surface area (Å²) in [7, 11) is 0. The average molecular weight is 592 g/mol. The molecule has 1 N–H and O–H groups in total. The first-order valence-corrected chi connectivity index (χ1v) is 14.9. The molecular weight excluding hydrogens is 562 g/mol. The molecule has 0 aliphatic carbocycles. The summed E-state index contributed by atoms with van der Waals surface area (Å²) in [5.74, 6) is 10.9. The maximum Gasteiger partial charge on any atom is 0.263 e. The maximum atomic E-state index is 13.8. The number of hydrogen-bond donors (Lipinski definition) is 1. The Morgan fingerprint density at radius 2 is 0.911 bits per heavy atom. The Labute approximate surface area is 261 Å². The van der Waals surface area contributed by atoms with Gasteiger partial charge in [0, 0.05) is 35.3 Å². The number of amides is 4. The summed E-state index contributed by atoms with van der Waals surface area (Å²) < 4.78 is 0. The summed E-state index contributed by atoms with van der Waals surface area (Å²) in [6, 6.07) is 25.5. The van der Waals surface area contributed by atoms with Gasteiger partial charge in [-0.3, -0.25) is 29.0 Å². The first kappa shape index (κ1) is 29.2. The van der Waals surface area contributed by atoms with Crippen LogP contribution in [-0.2, 0) is 0 Å². The van der Waals surface area contributed by atoms with Crippen molar-refractivity contribution in [3.05, 3.63) is 129 Å². The van der Waals surface area contributed by atoms with Crippen LogP contribution in [0.1, 0.15) is 90.4 Å². The molecule has 0 radical (unpaired) electrons. The molecule has 0 spiro atoms. The van der Waals surface area contributed by atoms with Crippen molar-refractivity contribution >= 4 is 35.0 Å². The molecule has 4 amide bonds. The van der Waals surface area contributed by atoms with E-state index < -0.39 is 11.8 Å². The van der Waals surface area contributed by atoms with Crippen LogP contribution in [0.5, 0.6) is 0 Å². The summed E-state index contributed by atoms with van der Waals surface area (Å²) in [6.45, 7) is 4.33. The lowest BCUT2D eigenvalue weighted by molar-refractivity contribution is 0.0639. The van der Waals surface area contributed by atoms with E-state index in [1.54, 1.807) is 24.3 Å². The van der Waals surface area contributed by atoms with Gasteiger partial charge in [-0.25, -0.2) is 0 Å². The van der Waals surface area contributed by atoms with Crippen LogP contribution in [-0.4, -0.2) is 46.5 Å². The van der Waals surface area contributed by atoms with Crippen molar-refractivity contribution in [3.8, 4) is 23.7 Å². The lowest BCUT2D eigenvalue weighted by Gasteiger charge is -2.17. The van der Waals surface area contributed by atoms with E-state index in [2.05, 4.69) is 29.0 Å². The maximum absolute atomic E-state index is 13.8. The molecule has 2 heterocycles. The van der Waals surface area contributed by atoms with Crippen LogP contribution >= 0.6 is 0 Å². The fraction of sp³-hybridized carbons (Fsp3) is 0.158. The summed E-state index contributed by atoms with van der Waals surface area (Å²) in [4.78, 5) is 56.7. The van der Waals surface area contributed by atoms with Gasteiger partial charge in [0.05, 0.1) is 33.6 Å². The van der Waals surface area contributed by atoms with Gasteiger partial charge in [-0.05, 0) is 61.4 Å². The molecular formula is C38H29N3O4. The molecule has 2 aliphatic heterocycles. The molecule has 0 atom stereocenters. The van der Waals surface area contributed by atoms with Gasteiger partial charge in [0.15, 0.2) is 0 Å². The van der Waals surface area contributed by atoms with E-state index in [0.29, 0.717) is 35.3 Å². The molecule has 45 heavy (non-hydrogen) atoms. The van der Waals surface area contributed by atoms with Crippen LogP contribution in [0.15, 0.2) is 84.9 Å². The standard InChI is InChI=1S/C38H29N3O4/c1-3-23-40-35(42)29-21-19-27(17-15-25-11-7-5-8-12-25)33(31(29)37(40)44)39-34-28(18-16-26-13-9-6-10-14-26)20-22-30-32(34)38(45)41(24-4-2)36(30)43/h5-14,19-22,39H,3-4,23-24H2,1-2H3. The second kappa shape index (κ2) is 12.4. The van der Waals surface area contributed by atoms with Crippen LogP contribution in [0.25, 0.3) is 0 Å². The number of hydrogen-bond acceptors (Lipinski definition) is 5. The molecule has 7 heteroatoms. The summed E-state index contributed by atoms with van der Waals surface area (Å²) in [6.07, 6.45) is 1.20. The van der Waals surface area contributed by atoms with Crippen LogP contribution < -0.4 is 5.32 Å². The third-order valence-corrected chi connectivity index (χ3v) is 7.65. The molecule has 6 rings (SSSR count). The number of fused-ring (bicyclic) bond motifs is 2. The first-order valence-electron chi connectivity index (χ1n) is 14.9. The predicted molar refractivity (Wildman–Crippen MR) is 172 cm³/mol. The van der Waals surface area contributed by atoms with Gasteiger partial charge in [0.1, 0.15) is 0 Å². The zero-order chi connectivity index (χ0) is 31.5. The van der Waals surface area contributed by atoms with Crippen molar-refractivity contribution < 1.29 is 19.2 Å². The largest absolute Gasteiger partial charge is 0.352 e. The zero-order valence-corrected chi connectivity index (χ0v) is 24.9. The second-order valence-electron chi connectivity index (χ2n) is 10.7. The van der Waals surface area contributed by atoms with Crippen molar-refractivity contribution in [2.24, 2.45) is 0 Å². The normalized spacial score (nSPS) is 13.2. The minimum Gasteiger partial charge on any atom is -0.352 e. The van der Waals surface area contributed by atoms with Gasteiger partial charge < -0.3 is 5.32 Å². The van der Waals surface area contributed by atoms with Crippen molar-refractivity contribution in [1.29, 1.82) is 0 Å². The third kappa shape index (κ3) is 5.37. The molecule has 7 nitrogen and oxygen atoms in total. The molecule has 2 aliphatic rings. The topological polar surface area (TPSA) is 86.8 Å². The molecule has 0 unspecified atom stereocenters. The lowest BCUT2D eigenvalue weighted by Crippen LogP contribution is -2.30. The number of imide groups is 2. The molecule has 0 saturated heterocycles. The van der Waals surface area contributed by atoms with Crippen LogP contribution in [0, 0.1) is 23.7 Å². The smallest absolute Gasteiger partial charge is 0.263 e. The van der Waals surface area contributed by atoms with Crippen LogP contribution in [0.3, 0.4) is 0 Å². The van der Waals surface area contributed by atoms with E-state index in [4.69, 9.17) is 0 Å². The Kier molecular flexibility index (Phi) is 8.01. The Balaban J connectivity index is 1.57. The van der Waals surface area contributed by atoms with Crippen molar-refractivity contribution in [3.63, 3.8) is 0 Å². The van der Waals surface area contributed by atoms with E-state index in [9.17, 15) is 19.2 Å². The molecule has 0 fully saturated rings. The van der Waals surface area contributed by atoms with Gasteiger partial charge in [0.2, 0.25) is 0 Å². The van der Waals surface area contributed by atoms with E-state index >= 15 is 0 Å². The SMILES string of the molecule is CCCN1C(=O)c2ccc(C#Cc3ccccc3)c(Nc3c(C#Cc4ccccc4)ccc4c3C(=O)N(CCC)C4=O)c2C1=O. The molecule has 220 valence electrons. The monoisotopic (exact) mass is 591 g/mol. The van der Waals surface area contributed by atoms with Crippen LogP contribution in [0.2, 0.25) is 0 Å². The Bertz CT molecular complexity index is 1850. The molecule has 0 aromatic heterocycles. The van der Waals surface area contributed by atoms with Crippen LogP contribution in [0.4, 0.5) is 11.4 Å². The highest BCUT2D eigenvalue weighted by Gasteiger charge is 2.41. The lowest BCUT2D eigenvalue weighted by atomic mass is 9.98. The van der Waals surface area contributed by atoms with E-state index in [-0.39, 0.29) is 47.2 Å². The second-order valence-corrected chi connectivity index (χ2v) is 10.7. The summed E-state index contributed by atoms with van der Waals surface area (Å²) in [5, 5.41) is 3.34. The number of carbonyl (C=O) groups is 4. The predicted octanol–water partition coefficient (Wildman–Crippen LogP) is 6.24. The van der Waals surface area contributed by atoms with Gasteiger partial charge in [-0.15, -0.1) is 0 Å². The van der Waals surface area contributed by atoms with E-state index in [0.717, 1.165) is 11.1 Å². The number of carbonyl (C=O) groups excluding carboxylic acids is 4. The van der Waals surface area contributed by atoms with E-state index in [1.807, 2.05) is 74.5 Å². The highest BCUT2D eigenvalue weighted by molar-refractivity contribution is 6.26. The van der Waals surface area contributed by atoms with E-state index in [1.165, 1.54) is 9.80 Å². The zero-order valence-electron chi connectivity index (χ0n) is 24.9. The van der Waals surface area contributed by atoms with Crippen molar-refractivity contribution in [2.75, 3.05) is 18.4 Å². The van der Waals surface area contributed by atoms with Crippen molar-refractivity contribution in [2.45, 2.75) is 26.7 Å². The number of benzene rings is 4. The van der Waals surface area contributed by atoms with Gasteiger partial charge in [-0.1, -0.05) is 73.9 Å². The number of anilines is 2. The van der Waals surface area contributed by atoms with Gasteiger partial charge in [-0.2, -0.15) is 0 Å². The third-order valence-electron chi connectivity index (χ3n) is 7.65. The van der Waals surface area contributed by atoms with Gasteiger partial charge in [0.25, 0.3) is 23.6 Å². The average Bonchev–Trinajstić information content (AvgIpc) is 3.45. The summed E-state index contributed by atoms with van der Waals surface area (Å²) in [5.41, 5.74) is 3.88. The minimum atomic E-state index is -0.442. The fourth-order valence-corrected chi connectivity index (χ4v) is 5.52. The highest BCUT2D eigenvalue weighted by Crippen LogP contribution is 2.39. The Morgan fingerprint density at radius 1 is 0.511 bits per heavy atom. The summed E-state index contributed by atoms with van der Waals surface area (Å²) >= 11 is 0. The fourth-order valence-electron chi connectivity index (χ4n) is 5.52. The Morgan fingerprint density at radius 3 is 1.29 bits per heavy atom. The minimum absolute atomic E-state index is 0.176. The first-order chi connectivity index (χ1) is 21.9. The molecule has 0 saturated carbocycles. The quantitative estimate of drug-likeness (QED) is 0.212. The Hall–Kier alpha value is -5.92. The van der Waals surface area contributed by atoms with Crippen molar-refractivity contribution in [1.82, 2.24) is 9.80 Å². The van der Waals surface area contributed by atoms with Gasteiger partial charge >= 0.3 is 0 Å².